The average Bonchev–Trinajstić information content (AvgIpc) is 2.11. The number of nitrogens with one attached hydrogen (secondary N) is 1. The Kier molecular flexibility index (Phi) is 3.39. The largest absolute Gasteiger partial charge is 0.506 e. The first-order chi connectivity index (χ1) is 6.19. The van der Waals surface area contributed by atoms with E-state index >= 15 is 0 Å². The Morgan fingerprint density at radius 2 is 2.23 bits per heavy atom. The molecular formula is C9H12ClNO2. The molecule has 13 heavy (non-hydrogen) atoms. The second-order valence-electron chi connectivity index (χ2n) is 2.66. The highest BCUT2D eigenvalue weighted by Gasteiger charge is 2.07. The van der Waals surface area contributed by atoms with Crippen LogP contribution in [0.2, 0.25) is 5.02 Å². The normalized spacial score (nSPS) is 10.1. The molecule has 0 aliphatic heterocycles. The van der Waals surface area contributed by atoms with Crippen LogP contribution in [0.15, 0.2) is 12.1 Å². The van der Waals surface area contributed by atoms with E-state index in [2.05, 4.69) is 5.32 Å². The van der Waals surface area contributed by atoms with E-state index in [9.17, 15) is 5.11 Å². The summed E-state index contributed by atoms with van der Waals surface area (Å²) in [4.78, 5) is 0. The van der Waals surface area contributed by atoms with E-state index in [0.717, 1.165) is 5.56 Å². The lowest BCUT2D eigenvalue weighted by atomic mass is 10.2. The summed E-state index contributed by atoms with van der Waals surface area (Å²) in [6, 6.07) is 3.40. The molecule has 0 atom stereocenters. The van der Waals surface area contributed by atoms with Crippen molar-refractivity contribution in [2.24, 2.45) is 0 Å². The number of methoxy groups -OCH3 is 1. The van der Waals surface area contributed by atoms with Crippen molar-refractivity contribution in [3.63, 3.8) is 0 Å². The molecule has 72 valence electrons. The molecule has 0 aliphatic rings. The molecule has 0 spiro atoms. The summed E-state index contributed by atoms with van der Waals surface area (Å²) in [5, 5.41) is 12.6. The molecule has 0 aliphatic carbocycles. The summed E-state index contributed by atoms with van der Waals surface area (Å²) in [5.41, 5.74) is 0.932. The smallest absolute Gasteiger partial charge is 0.141 e. The van der Waals surface area contributed by atoms with Gasteiger partial charge in [0.1, 0.15) is 16.5 Å². The van der Waals surface area contributed by atoms with Crippen LogP contribution in [-0.2, 0) is 6.54 Å². The highest BCUT2D eigenvalue weighted by molar-refractivity contribution is 6.33. The Labute approximate surface area is 82.3 Å². The maximum absolute atomic E-state index is 9.40. The molecule has 0 saturated carbocycles. The van der Waals surface area contributed by atoms with Gasteiger partial charge < -0.3 is 15.2 Å². The zero-order valence-corrected chi connectivity index (χ0v) is 8.35. The molecule has 0 bridgehead atoms. The van der Waals surface area contributed by atoms with Crippen molar-refractivity contribution in [2.45, 2.75) is 6.54 Å². The van der Waals surface area contributed by atoms with Crippen molar-refractivity contribution >= 4 is 11.6 Å². The standard InChI is InChI=1S/C9H12ClNO2/c1-11-5-6-3-7(12)9(10)8(4-6)13-2/h3-4,11-12H,5H2,1-2H3. The number of rotatable bonds is 3. The van der Waals surface area contributed by atoms with Crippen LogP contribution in [0.4, 0.5) is 0 Å². The van der Waals surface area contributed by atoms with Gasteiger partial charge in [-0.1, -0.05) is 11.6 Å². The van der Waals surface area contributed by atoms with E-state index in [0.29, 0.717) is 12.3 Å². The first-order valence-corrected chi connectivity index (χ1v) is 4.26. The van der Waals surface area contributed by atoms with Crippen LogP contribution in [0.25, 0.3) is 0 Å². The number of benzene rings is 1. The lowest BCUT2D eigenvalue weighted by molar-refractivity contribution is 0.407. The Balaban J connectivity index is 3.06. The molecule has 0 amide bonds. The van der Waals surface area contributed by atoms with Gasteiger partial charge in [0, 0.05) is 6.54 Å². The van der Waals surface area contributed by atoms with Gasteiger partial charge in [0.15, 0.2) is 0 Å². The topological polar surface area (TPSA) is 41.5 Å². The number of halogens is 1. The number of hydrogen-bond acceptors (Lipinski definition) is 3. The van der Waals surface area contributed by atoms with Crippen LogP contribution >= 0.6 is 11.6 Å². The van der Waals surface area contributed by atoms with E-state index in [1.807, 2.05) is 7.05 Å². The minimum atomic E-state index is 0.0475. The second-order valence-corrected chi connectivity index (χ2v) is 3.04. The summed E-state index contributed by atoms with van der Waals surface area (Å²) in [5.74, 6) is 0.540. The molecule has 1 aromatic rings. The van der Waals surface area contributed by atoms with Crippen LogP contribution < -0.4 is 10.1 Å². The van der Waals surface area contributed by atoms with Gasteiger partial charge in [-0.2, -0.15) is 0 Å². The summed E-state index contributed by atoms with van der Waals surface area (Å²) < 4.78 is 4.99. The second kappa shape index (κ2) is 4.35. The van der Waals surface area contributed by atoms with Crippen LogP contribution in [0, 0.1) is 0 Å². The lowest BCUT2D eigenvalue weighted by Gasteiger charge is -2.07. The van der Waals surface area contributed by atoms with E-state index in [1.165, 1.54) is 7.11 Å². The predicted octanol–water partition coefficient (Wildman–Crippen LogP) is 1.77. The van der Waals surface area contributed by atoms with Crippen molar-refractivity contribution < 1.29 is 9.84 Å². The Hall–Kier alpha value is -0.930. The predicted molar refractivity (Wildman–Crippen MR) is 52.4 cm³/mol. The van der Waals surface area contributed by atoms with Crippen LogP contribution in [0.1, 0.15) is 5.56 Å². The summed E-state index contributed by atoms with van der Waals surface area (Å²) in [7, 11) is 3.35. The highest BCUT2D eigenvalue weighted by Crippen LogP contribution is 2.34. The highest BCUT2D eigenvalue weighted by atomic mass is 35.5. The first kappa shape index (κ1) is 10.2. The van der Waals surface area contributed by atoms with Gasteiger partial charge in [-0.25, -0.2) is 0 Å². The SMILES string of the molecule is CNCc1cc(O)c(Cl)c(OC)c1. The van der Waals surface area contributed by atoms with Crippen LogP contribution in [-0.4, -0.2) is 19.3 Å². The average molecular weight is 202 g/mol. The Morgan fingerprint density at radius 3 is 2.77 bits per heavy atom. The van der Waals surface area contributed by atoms with Crippen LogP contribution in [0.5, 0.6) is 11.5 Å². The van der Waals surface area contributed by atoms with Crippen molar-refractivity contribution in [3.05, 3.63) is 22.7 Å². The summed E-state index contributed by atoms with van der Waals surface area (Å²) in [6.07, 6.45) is 0. The Bertz CT molecular complexity index is 302. The number of phenols is 1. The van der Waals surface area contributed by atoms with E-state index in [-0.39, 0.29) is 10.8 Å². The fourth-order valence-electron chi connectivity index (χ4n) is 1.09. The van der Waals surface area contributed by atoms with Gasteiger partial charge in [0.2, 0.25) is 0 Å². The van der Waals surface area contributed by atoms with Gasteiger partial charge in [0.25, 0.3) is 0 Å². The molecular weight excluding hydrogens is 190 g/mol. The van der Waals surface area contributed by atoms with Crippen LogP contribution in [0.3, 0.4) is 0 Å². The third-order valence-electron chi connectivity index (χ3n) is 1.68. The molecule has 0 saturated heterocycles. The van der Waals surface area contributed by atoms with Gasteiger partial charge in [-0.15, -0.1) is 0 Å². The molecule has 0 aromatic heterocycles. The zero-order valence-electron chi connectivity index (χ0n) is 7.60. The fourth-order valence-corrected chi connectivity index (χ4v) is 1.28. The van der Waals surface area contributed by atoms with E-state index in [4.69, 9.17) is 16.3 Å². The molecule has 0 heterocycles. The third-order valence-corrected chi connectivity index (χ3v) is 2.06. The summed E-state index contributed by atoms with van der Waals surface area (Å²) in [6.45, 7) is 0.668. The molecule has 4 heteroatoms. The first-order valence-electron chi connectivity index (χ1n) is 3.89. The van der Waals surface area contributed by atoms with Gasteiger partial charge in [-0.3, -0.25) is 0 Å². The van der Waals surface area contributed by atoms with Crippen molar-refractivity contribution in [3.8, 4) is 11.5 Å². The van der Waals surface area contributed by atoms with Crippen molar-refractivity contribution in [1.29, 1.82) is 0 Å². The minimum Gasteiger partial charge on any atom is -0.506 e. The van der Waals surface area contributed by atoms with Gasteiger partial charge in [-0.05, 0) is 24.7 Å². The molecule has 0 unspecified atom stereocenters. The molecule has 3 nitrogen and oxygen atoms in total. The minimum absolute atomic E-state index is 0.0475. The number of hydrogen-bond donors (Lipinski definition) is 2. The summed E-state index contributed by atoms with van der Waals surface area (Å²) >= 11 is 5.77. The maximum atomic E-state index is 9.40. The zero-order chi connectivity index (χ0) is 9.84. The van der Waals surface area contributed by atoms with Crippen molar-refractivity contribution in [1.82, 2.24) is 5.32 Å². The molecule has 0 fully saturated rings. The van der Waals surface area contributed by atoms with Gasteiger partial charge >= 0.3 is 0 Å². The van der Waals surface area contributed by atoms with Crippen molar-refractivity contribution in [2.75, 3.05) is 14.2 Å². The maximum Gasteiger partial charge on any atom is 0.141 e. The fraction of sp³-hybridized carbons (Fsp3) is 0.333. The van der Waals surface area contributed by atoms with E-state index in [1.54, 1.807) is 12.1 Å². The molecule has 1 rings (SSSR count). The quantitative estimate of drug-likeness (QED) is 0.784. The molecule has 0 radical (unpaired) electrons. The number of phenolic OH excluding ortho intramolecular Hbond substituents is 1. The van der Waals surface area contributed by atoms with E-state index < -0.39 is 0 Å². The number of ether oxygens (including phenoxy) is 1. The molecule has 1 aromatic carbocycles. The lowest BCUT2D eigenvalue weighted by Crippen LogP contribution is -2.05. The molecule has 2 N–H and O–H groups in total. The van der Waals surface area contributed by atoms with Gasteiger partial charge in [0.05, 0.1) is 7.11 Å². The Morgan fingerprint density at radius 1 is 1.54 bits per heavy atom. The third kappa shape index (κ3) is 2.26. The number of aromatic hydroxyl groups is 1. The monoisotopic (exact) mass is 201 g/mol.